The summed E-state index contributed by atoms with van der Waals surface area (Å²) in [6.45, 7) is 8.36. The molecule has 1 aromatic rings. The van der Waals surface area contributed by atoms with E-state index in [1.54, 1.807) is 0 Å². The maximum absolute atomic E-state index is 6.00. The first kappa shape index (κ1) is 9.59. The number of hydrogen-bond acceptors (Lipinski definition) is 1. The summed E-state index contributed by atoms with van der Waals surface area (Å²) < 4.78 is 2.04. The van der Waals surface area contributed by atoms with Crippen molar-refractivity contribution < 1.29 is 0 Å². The molecule has 0 bridgehead atoms. The van der Waals surface area contributed by atoms with Gasteiger partial charge in [0.2, 0.25) is 0 Å². The molecule has 0 aliphatic heterocycles. The quantitative estimate of drug-likeness (QED) is 0.609. The molecule has 1 rings (SSSR count). The van der Waals surface area contributed by atoms with Crippen LogP contribution in [-0.4, -0.2) is 9.55 Å². The Kier molecular flexibility index (Phi) is 2.21. The monoisotopic (exact) mass is 186 g/mol. The van der Waals surface area contributed by atoms with Gasteiger partial charge in [0.15, 0.2) is 5.15 Å². The van der Waals surface area contributed by atoms with Gasteiger partial charge >= 0.3 is 0 Å². The molecule has 0 aromatic carbocycles. The first-order valence-electron chi connectivity index (χ1n) is 4.03. The van der Waals surface area contributed by atoms with Crippen LogP contribution in [0.4, 0.5) is 0 Å². The molecule has 1 aromatic heterocycles. The van der Waals surface area contributed by atoms with E-state index in [1.165, 1.54) is 0 Å². The van der Waals surface area contributed by atoms with Gasteiger partial charge in [-0.15, -0.1) is 0 Å². The lowest BCUT2D eigenvalue weighted by atomic mass is 9.93. The molecule has 0 radical (unpaired) electrons. The Morgan fingerprint density at radius 2 is 1.83 bits per heavy atom. The molecule has 0 amide bonds. The van der Waals surface area contributed by atoms with Gasteiger partial charge in [0.25, 0.3) is 0 Å². The maximum Gasteiger partial charge on any atom is 0.151 e. The molecule has 0 aliphatic rings. The summed E-state index contributed by atoms with van der Waals surface area (Å²) in [4.78, 5) is 4.21. The predicted octanol–water partition coefficient (Wildman–Crippen LogP) is 2.68. The summed E-state index contributed by atoms with van der Waals surface area (Å²) in [5.41, 5.74) is 1.16. The van der Waals surface area contributed by atoms with Crippen LogP contribution in [0.1, 0.15) is 32.3 Å². The molecule has 0 aliphatic carbocycles. The average Bonchev–Trinajstić information content (AvgIpc) is 2.05. The summed E-state index contributed by atoms with van der Waals surface area (Å²) in [5, 5.41) is 0.627. The average molecular weight is 187 g/mol. The van der Waals surface area contributed by atoms with Crippen molar-refractivity contribution in [3.63, 3.8) is 0 Å². The topological polar surface area (TPSA) is 17.8 Å². The van der Waals surface area contributed by atoms with Crippen LogP contribution in [0.15, 0.2) is 0 Å². The minimum Gasteiger partial charge on any atom is -0.334 e. The Labute approximate surface area is 78.6 Å². The normalized spacial score (nSPS) is 12.2. The molecule has 2 nitrogen and oxygen atoms in total. The van der Waals surface area contributed by atoms with Gasteiger partial charge in [0.1, 0.15) is 5.82 Å². The Hall–Kier alpha value is -0.500. The van der Waals surface area contributed by atoms with Crippen molar-refractivity contribution in [3.8, 4) is 0 Å². The van der Waals surface area contributed by atoms with Gasteiger partial charge in [-0.05, 0) is 6.92 Å². The lowest BCUT2D eigenvalue weighted by Crippen LogP contribution is -2.16. The van der Waals surface area contributed by atoms with Gasteiger partial charge < -0.3 is 4.57 Å². The van der Waals surface area contributed by atoms with Crippen LogP contribution in [0.3, 0.4) is 0 Å². The summed E-state index contributed by atoms with van der Waals surface area (Å²) in [6, 6.07) is 0. The van der Waals surface area contributed by atoms with Crippen molar-refractivity contribution in [2.75, 3.05) is 0 Å². The molecule has 1 heterocycles. The third kappa shape index (κ3) is 1.48. The number of aryl methyl sites for hydroxylation is 1. The Bertz CT molecular complexity index is 294. The highest BCUT2D eigenvalue weighted by Crippen LogP contribution is 2.28. The van der Waals surface area contributed by atoms with E-state index in [4.69, 9.17) is 11.6 Å². The fraction of sp³-hybridized carbons (Fsp3) is 0.667. The van der Waals surface area contributed by atoms with Gasteiger partial charge in [-0.1, -0.05) is 32.4 Å². The molecule has 68 valence electrons. The Morgan fingerprint density at radius 1 is 1.33 bits per heavy atom. The lowest BCUT2D eigenvalue weighted by Gasteiger charge is -2.19. The fourth-order valence-electron chi connectivity index (χ4n) is 1.38. The molecular formula is C9H15ClN2. The first-order chi connectivity index (χ1) is 5.34. The number of hydrogen-bond donors (Lipinski definition) is 0. The van der Waals surface area contributed by atoms with E-state index < -0.39 is 0 Å². The van der Waals surface area contributed by atoms with Gasteiger partial charge in [-0.2, -0.15) is 0 Å². The zero-order chi connectivity index (χ0) is 9.52. The predicted molar refractivity (Wildman–Crippen MR) is 51.7 cm³/mol. The van der Waals surface area contributed by atoms with Crippen molar-refractivity contribution in [2.24, 2.45) is 7.05 Å². The summed E-state index contributed by atoms with van der Waals surface area (Å²) in [6.07, 6.45) is 0. The van der Waals surface area contributed by atoms with Gasteiger partial charge in [-0.25, -0.2) is 4.98 Å². The Morgan fingerprint density at radius 3 is 2.00 bits per heavy atom. The SMILES string of the molecule is Cc1nc(Cl)c(C(C)(C)C)n1C. The van der Waals surface area contributed by atoms with Crippen molar-refractivity contribution in [1.82, 2.24) is 9.55 Å². The molecule has 0 N–H and O–H groups in total. The van der Waals surface area contributed by atoms with Gasteiger partial charge in [0, 0.05) is 12.5 Å². The van der Waals surface area contributed by atoms with Gasteiger partial charge in [-0.3, -0.25) is 0 Å². The molecule has 0 unspecified atom stereocenters. The molecule has 0 atom stereocenters. The van der Waals surface area contributed by atoms with E-state index in [9.17, 15) is 0 Å². The number of halogens is 1. The number of imidazole rings is 1. The minimum atomic E-state index is 0.0626. The van der Waals surface area contributed by atoms with Crippen molar-refractivity contribution in [3.05, 3.63) is 16.7 Å². The number of rotatable bonds is 0. The third-order valence-corrected chi connectivity index (χ3v) is 2.25. The molecule has 3 heteroatoms. The number of aromatic nitrogens is 2. The highest BCUT2D eigenvalue weighted by molar-refractivity contribution is 6.30. The zero-order valence-electron chi connectivity index (χ0n) is 8.27. The van der Waals surface area contributed by atoms with Crippen LogP contribution in [0.2, 0.25) is 5.15 Å². The molecule has 0 saturated carbocycles. The summed E-state index contributed by atoms with van der Waals surface area (Å²) >= 11 is 6.00. The third-order valence-electron chi connectivity index (χ3n) is 1.99. The molecule has 0 saturated heterocycles. The molecule has 0 fully saturated rings. The Balaban J connectivity index is 3.32. The van der Waals surface area contributed by atoms with Crippen LogP contribution >= 0.6 is 11.6 Å². The first-order valence-corrected chi connectivity index (χ1v) is 4.41. The largest absolute Gasteiger partial charge is 0.334 e. The second kappa shape index (κ2) is 2.77. The smallest absolute Gasteiger partial charge is 0.151 e. The van der Waals surface area contributed by atoms with Crippen LogP contribution in [0.5, 0.6) is 0 Å². The van der Waals surface area contributed by atoms with Gasteiger partial charge in [0.05, 0.1) is 5.69 Å². The van der Waals surface area contributed by atoms with Crippen LogP contribution in [-0.2, 0) is 12.5 Å². The van der Waals surface area contributed by atoms with Crippen molar-refractivity contribution >= 4 is 11.6 Å². The lowest BCUT2D eigenvalue weighted by molar-refractivity contribution is 0.540. The van der Waals surface area contributed by atoms with Crippen LogP contribution in [0.25, 0.3) is 0 Å². The van der Waals surface area contributed by atoms with E-state index in [0.717, 1.165) is 11.5 Å². The van der Waals surface area contributed by atoms with E-state index in [1.807, 2.05) is 18.5 Å². The molecule has 0 spiro atoms. The van der Waals surface area contributed by atoms with Crippen LogP contribution < -0.4 is 0 Å². The standard InChI is InChI=1S/C9H15ClN2/c1-6-11-8(10)7(12(6)5)9(2,3)4/h1-5H3. The minimum absolute atomic E-state index is 0.0626. The fourth-order valence-corrected chi connectivity index (χ4v) is 1.92. The van der Waals surface area contributed by atoms with Crippen LogP contribution in [0, 0.1) is 6.92 Å². The summed E-state index contributed by atoms with van der Waals surface area (Å²) in [7, 11) is 1.99. The summed E-state index contributed by atoms with van der Waals surface area (Å²) in [5.74, 6) is 0.963. The van der Waals surface area contributed by atoms with E-state index in [-0.39, 0.29) is 5.41 Å². The highest BCUT2D eigenvalue weighted by atomic mass is 35.5. The van der Waals surface area contributed by atoms with Crippen molar-refractivity contribution in [2.45, 2.75) is 33.1 Å². The highest BCUT2D eigenvalue weighted by Gasteiger charge is 2.22. The molecule has 12 heavy (non-hydrogen) atoms. The number of nitrogens with zero attached hydrogens (tertiary/aromatic N) is 2. The molecular weight excluding hydrogens is 172 g/mol. The van der Waals surface area contributed by atoms with Crippen molar-refractivity contribution in [1.29, 1.82) is 0 Å². The van der Waals surface area contributed by atoms with E-state index >= 15 is 0 Å². The second-order valence-corrected chi connectivity index (χ2v) is 4.47. The van der Waals surface area contributed by atoms with E-state index in [2.05, 4.69) is 25.8 Å². The second-order valence-electron chi connectivity index (χ2n) is 4.11. The zero-order valence-corrected chi connectivity index (χ0v) is 9.03. The maximum atomic E-state index is 6.00. The van der Waals surface area contributed by atoms with E-state index in [0.29, 0.717) is 5.15 Å².